The van der Waals surface area contributed by atoms with E-state index in [1.165, 1.54) is 0 Å². The van der Waals surface area contributed by atoms with Gasteiger partial charge in [-0.2, -0.15) is 5.26 Å². The van der Waals surface area contributed by atoms with Crippen LogP contribution in [-0.4, -0.2) is 14.2 Å². The van der Waals surface area contributed by atoms with Gasteiger partial charge < -0.3 is 14.2 Å². The summed E-state index contributed by atoms with van der Waals surface area (Å²) in [4.78, 5) is 0. The van der Waals surface area contributed by atoms with Gasteiger partial charge in [-0.25, -0.2) is 0 Å². The molecule has 1 rings (SSSR count). The molecule has 14 heavy (non-hydrogen) atoms. The van der Waals surface area contributed by atoms with E-state index in [4.69, 9.17) is 14.7 Å². The number of benzene rings is 1. The molecular weight excluding hydrogens is 182 g/mol. The van der Waals surface area contributed by atoms with Crippen molar-refractivity contribution in [2.24, 2.45) is 0 Å². The van der Waals surface area contributed by atoms with Crippen LogP contribution in [0.2, 0.25) is 0 Å². The van der Waals surface area contributed by atoms with Crippen molar-refractivity contribution in [2.45, 2.75) is 6.61 Å². The second-order valence-corrected chi connectivity index (χ2v) is 2.56. The van der Waals surface area contributed by atoms with Crippen LogP contribution in [0.3, 0.4) is 0 Å². The third-order valence-corrected chi connectivity index (χ3v) is 1.79. The Labute approximate surface area is 82.6 Å². The minimum absolute atomic E-state index is 0.212. The van der Waals surface area contributed by atoms with Gasteiger partial charge in [0.25, 0.3) is 6.26 Å². The normalized spacial score (nSPS) is 8.93. The highest BCUT2D eigenvalue weighted by molar-refractivity contribution is 5.40. The van der Waals surface area contributed by atoms with Crippen LogP contribution >= 0.6 is 0 Å². The minimum atomic E-state index is 0.212. The van der Waals surface area contributed by atoms with Crippen molar-refractivity contribution < 1.29 is 14.2 Å². The highest BCUT2D eigenvalue weighted by Crippen LogP contribution is 2.24. The molecule has 0 aliphatic heterocycles. The second-order valence-electron chi connectivity index (χ2n) is 2.56. The molecule has 4 heteroatoms. The Morgan fingerprint density at radius 3 is 2.64 bits per heavy atom. The Balaban J connectivity index is 2.88. The van der Waals surface area contributed by atoms with Crippen LogP contribution in [0.15, 0.2) is 18.2 Å². The highest BCUT2D eigenvalue weighted by atomic mass is 16.5. The summed E-state index contributed by atoms with van der Waals surface area (Å²) in [6.07, 6.45) is 1.61. The Bertz CT molecular complexity index is 344. The monoisotopic (exact) mass is 193 g/mol. The minimum Gasteiger partial charge on any atom is -0.497 e. The van der Waals surface area contributed by atoms with E-state index in [0.717, 1.165) is 5.56 Å². The Morgan fingerprint density at radius 1 is 1.29 bits per heavy atom. The molecule has 0 radical (unpaired) electrons. The van der Waals surface area contributed by atoms with Crippen molar-refractivity contribution in [3.63, 3.8) is 0 Å². The second kappa shape index (κ2) is 4.97. The topological polar surface area (TPSA) is 51.5 Å². The zero-order valence-electron chi connectivity index (χ0n) is 8.11. The quantitative estimate of drug-likeness (QED) is 0.683. The molecule has 0 N–H and O–H groups in total. The van der Waals surface area contributed by atoms with Crippen LogP contribution in [0, 0.1) is 11.5 Å². The fraction of sp³-hybridized carbons (Fsp3) is 0.300. The average molecular weight is 193 g/mol. The van der Waals surface area contributed by atoms with E-state index >= 15 is 0 Å². The Kier molecular flexibility index (Phi) is 3.62. The molecule has 0 aromatic heterocycles. The first-order valence-electron chi connectivity index (χ1n) is 4.03. The maximum absolute atomic E-state index is 8.25. The van der Waals surface area contributed by atoms with Gasteiger partial charge in [0.1, 0.15) is 18.1 Å². The van der Waals surface area contributed by atoms with Gasteiger partial charge in [-0.15, -0.1) is 0 Å². The lowest BCUT2D eigenvalue weighted by Crippen LogP contribution is -1.94. The molecule has 4 nitrogen and oxygen atoms in total. The molecular formula is C10H11NO3. The summed E-state index contributed by atoms with van der Waals surface area (Å²) >= 11 is 0. The maximum atomic E-state index is 8.25. The summed E-state index contributed by atoms with van der Waals surface area (Å²) in [7, 11) is 3.14. The van der Waals surface area contributed by atoms with E-state index in [1.807, 2.05) is 0 Å². The lowest BCUT2D eigenvalue weighted by atomic mass is 10.2. The van der Waals surface area contributed by atoms with Crippen molar-refractivity contribution in [2.75, 3.05) is 14.2 Å². The molecule has 0 amide bonds. The lowest BCUT2D eigenvalue weighted by Gasteiger charge is -2.08. The van der Waals surface area contributed by atoms with Crippen molar-refractivity contribution >= 4 is 0 Å². The van der Waals surface area contributed by atoms with Gasteiger partial charge in [-0.1, -0.05) is 0 Å². The average Bonchev–Trinajstić information content (AvgIpc) is 2.26. The van der Waals surface area contributed by atoms with Crippen LogP contribution in [0.5, 0.6) is 11.5 Å². The molecule has 0 saturated heterocycles. The fourth-order valence-corrected chi connectivity index (χ4v) is 1.08. The molecule has 0 unspecified atom stereocenters. The molecule has 0 atom stereocenters. The molecule has 0 aliphatic rings. The number of nitriles is 1. The number of hydrogen-bond donors (Lipinski definition) is 0. The molecule has 1 aromatic carbocycles. The van der Waals surface area contributed by atoms with Gasteiger partial charge in [-0.05, 0) is 12.1 Å². The zero-order chi connectivity index (χ0) is 10.4. The molecule has 0 bridgehead atoms. The molecule has 0 fully saturated rings. The number of nitrogens with zero attached hydrogens (tertiary/aromatic N) is 1. The van der Waals surface area contributed by atoms with Gasteiger partial charge in [0, 0.05) is 11.6 Å². The van der Waals surface area contributed by atoms with E-state index in [0.29, 0.717) is 11.5 Å². The molecule has 0 saturated carbocycles. The largest absolute Gasteiger partial charge is 0.497 e. The van der Waals surface area contributed by atoms with Crippen LogP contribution in [-0.2, 0) is 11.3 Å². The van der Waals surface area contributed by atoms with Crippen molar-refractivity contribution in [1.29, 1.82) is 5.26 Å². The van der Waals surface area contributed by atoms with Gasteiger partial charge in [-0.3, -0.25) is 0 Å². The van der Waals surface area contributed by atoms with Crippen LogP contribution < -0.4 is 9.47 Å². The number of ether oxygens (including phenoxy) is 3. The van der Waals surface area contributed by atoms with Crippen molar-refractivity contribution in [3.05, 3.63) is 23.8 Å². The molecule has 0 aliphatic carbocycles. The van der Waals surface area contributed by atoms with E-state index in [-0.39, 0.29) is 6.61 Å². The Hall–Kier alpha value is -1.89. The van der Waals surface area contributed by atoms with Gasteiger partial charge in [0.15, 0.2) is 0 Å². The summed E-state index contributed by atoms with van der Waals surface area (Å²) in [5, 5.41) is 8.25. The standard InChI is InChI=1S/C10H11NO3/c1-12-9-4-3-8(6-14-7-11)10(5-9)13-2/h3-5H,6H2,1-2H3. The smallest absolute Gasteiger partial charge is 0.286 e. The molecule has 74 valence electrons. The predicted octanol–water partition coefficient (Wildman–Crippen LogP) is 1.70. The van der Waals surface area contributed by atoms with Gasteiger partial charge in [0.2, 0.25) is 0 Å². The van der Waals surface area contributed by atoms with E-state index in [2.05, 4.69) is 4.74 Å². The Morgan fingerprint density at radius 2 is 2.07 bits per heavy atom. The third kappa shape index (κ3) is 2.30. The first-order valence-corrected chi connectivity index (χ1v) is 4.03. The summed E-state index contributed by atoms with van der Waals surface area (Å²) in [5.41, 5.74) is 0.815. The fourth-order valence-electron chi connectivity index (χ4n) is 1.08. The molecule has 0 heterocycles. The number of rotatable bonds is 4. The van der Waals surface area contributed by atoms with E-state index in [1.54, 1.807) is 38.7 Å². The third-order valence-electron chi connectivity index (χ3n) is 1.79. The predicted molar refractivity (Wildman–Crippen MR) is 49.9 cm³/mol. The van der Waals surface area contributed by atoms with Crippen molar-refractivity contribution in [1.82, 2.24) is 0 Å². The first-order chi connectivity index (χ1) is 6.81. The van der Waals surface area contributed by atoms with E-state index in [9.17, 15) is 0 Å². The number of hydrogen-bond acceptors (Lipinski definition) is 4. The first kappa shape index (κ1) is 10.2. The number of methoxy groups -OCH3 is 2. The summed E-state index contributed by atoms with van der Waals surface area (Å²) in [6.45, 7) is 0.212. The maximum Gasteiger partial charge on any atom is 0.286 e. The van der Waals surface area contributed by atoms with Gasteiger partial charge in [0.05, 0.1) is 14.2 Å². The van der Waals surface area contributed by atoms with E-state index < -0.39 is 0 Å². The van der Waals surface area contributed by atoms with Crippen LogP contribution in [0.1, 0.15) is 5.56 Å². The van der Waals surface area contributed by atoms with Gasteiger partial charge >= 0.3 is 0 Å². The summed E-state index contributed by atoms with van der Waals surface area (Å²) < 4.78 is 14.8. The SMILES string of the molecule is COc1ccc(COC#N)c(OC)c1. The highest BCUT2D eigenvalue weighted by Gasteiger charge is 2.04. The molecule has 0 spiro atoms. The van der Waals surface area contributed by atoms with Crippen LogP contribution in [0.4, 0.5) is 0 Å². The van der Waals surface area contributed by atoms with Crippen molar-refractivity contribution in [3.8, 4) is 17.8 Å². The lowest BCUT2D eigenvalue weighted by molar-refractivity contribution is 0.251. The molecule has 1 aromatic rings. The zero-order valence-corrected chi connectivity index (χ0v) is 8.11. The summed E-state index contributed by atoms with van der Waals surface area (Å²) in [6, 6.07) is 5.34. The van der Waals surface area contributed by atoms with Crippen LogP contribution in [0.25, 0.3) is 0 Å². The summed E-state index contributed by atoms with van der Waals surface area (Å²) in [5.74, 6) is 1.36.